The van der Waals surface area contributed by atoms with E-state index in [0.717, 1.165) is 12.8 Å². The Morgan fingerprint density at radius 2 is 2.10 bits per heavy atom. The largest absolute Gasteiger partial charge is 0.381 e. The van der Waals surface area contributed by atoms with Crippen LogP contribution in [0.4, 0.5) is 4.39 Å². The lowest BCUT2D eigenvalue weighted by molar-refractivity contribution is -0.119. The zero-order chi connectivity index (χ0) is 21.6. The summed E-state index contributed by atoms with van der Waals surface area (Å²) in [4.78, 5) is 37.8. The first-order valence-corrected chi connectivity index (χ1v) is 10.9. The van der Waals surface area contributed by atoms with Crippen LogP contribution >= 0.6 is 11.6 Å². The lowest BCUT2D eigenvalue weighted by atomic mass is 10.1. The fraction of sp³-hybridized carbons (Fsp3) is 0.500. The first-order chi connectivity index (χ1) is 14.2. The van der Waals surface area contributed by atoms with Gasteiger partial charge in [0.05, 0.1) is 29.0 Å². The van der Waals surface area contributed by atoms with E-state index in [-0.39, 0.29) is 23.4 Å². The van der Waals surface area contributed by atoms with Gasteiger partial charge >= 0.3 is 5.69 Å². The van der Waals surface area contributed by atoms with Crippen molar-refractivity contribution in [2.75, 3.05) is 18.6 Å². The van der Waals surface area contributed by atoms with Crippen molar-refractivity contribution in [3.05, 3.63) is 39.0 Å². The van der Waals surface area contributed by atoms with Crippen LogP contribution in [-0.4, -0.2) is 43.7 Å². The molecule has 2 unspecified atom stereocenters. The molecule has 0 bridgehead atoms. The van der Waals surface area contributed by atoms with Crippen LogP contribution in [0.25, 0.3) is 10.9 Å². The Bertz CT molecular complexity index is 1160. The minimum absolute atomic E-state index is 0.0554. The lowest BCUT2D eigenvalue weighted by Gasteiger charge is -2.27. The summed E-state index contributed by atoms with van der Waals surface area (Å²) >= 11 is 5.12. The molecule has 2 aliphatic rings. The van der Waals surface area contributed by atoms with E-state index in [4.69, 9.17) is 16.3 Å². The molecule has 162 valence electrons. The number of hydrogen-bond acceptors (Lipinski definition) is 5. The number of carbonyl (C=O) groups excluding carboxylic acids is 1. The van der Waals surface area contributed by atoms with Gasteiger partial charge in [0, 0.05) is 18.0 Å². The number of rotatable bonds is 7. The molecule has 1 aromatic heterocycles. The molecule has 9 nitrogen and oxygen atoms in total. The molecule has 0 radical (unpaired) electrons. The molecule has 1 aliphatic heterocycles. The molecular weight excluding hydrogens is 439 g/mol. The van der Waals surface area contributed by atoms with E-state index in [1.165, 1.54) is 10.6 Å². The van der Waals surface area contributed by atoms with Crippen LogP contribution in [0.15, 0.2) is 32.7 Å². The fourth-order valence-corrected chi connectivity index (χ4v) is 4.36. The molecule has 2 N–H and O–H groups in total. The molecule has 30 heavy (non-hydrogen) atoms. The summed E-state index contributed by atoms with van der Waals surface area (Å²) < 4.78 is 35.7. The monoisotopic (exact) mass is 458 g/mol. The highest BCUT2D eigenvalue weighted by atomic mass is 35.5. The van der Waals surface area contributed by atoms with Crippen molar-refractivity contribution in [3.63, 3.8) is 0 Å². The number of nitrogens with zero attached hydrogens (tertiary/aromatic N) is 2. The highest BCUT2D eigenvalue weighted by Crippen LogP contribution is 2.35. The van der Waals surface area contributed by atoms with E-state index >= 15 is 0 Å². The Morgan fingerprint density at radius 3 is 2.67 bits per heavy atom. The van der Waals surface area contributed by atoms with E-state index in [9.17, 15) is 23.0 Å². The number of amides is 1. The standard InChI is InChI=1S/C18H20ClFN4O5S/c1-18(4-5-18)22-30(28)11-2-3-13-12(6-11)16(26)24(21-15(25)14(19)20)17(27)23(13)7-10-8-29-9-10/h2-3,6,10,14,22H,4-5,7-9H2,1H3,(H,21,25). The average molecular weight is 459 g/mol. The van der Waals surface area contributed by atoms with Gasteiger partial charge in [-0.1, -0.05) is 11.6 Å². The normalized spacial score (nSPS) is 19.8. The fourth-order valence-electron chi connectivity index (χ4n) is 3.12. The SMILES string of the molecule is CC1(NS(=O)c2ccc3c(c2)c(=O)n(NC(=O)C(F)Cl)c(=O)n3CC2COC2)CC1. The predicted molar refractivity (Wildman–Crippen MR) is 109 cm³/mol. The van der Waals surface area contributed by atoms with Crippen molar-refractivity contribution in [2.45, 2.75) is 42.4 Å². The number of alkyl halides is 2. The van der Waals surface area contributed by atoms with Crippen LogP contribution in [0.2, 0.25) is 0 Å². The molecule has 2 aromatic rings. The molecular formula is C18H20ClFN4O5S. The maximum absolute atomic E-state index is 13.1. The predicted octanol–water partition coefficient (Wildman–Crippen LogP) is 0.579. The molecule has 1 amide bonds. The van der Waals surface area contributed by atoms with Gasteiger partial charge in [0.2, 0.25) is 0 Å². The van der Waals surface area contributed by atoms with Crippen molar-refractivity contribution in [1.82, 2.24) is 14.0 Å². The first kappa shape index (κ1) is 21.2. The average Bonchev–Trinajstić information content (AvgIpc) is 3.39. The second-order valence-corrected chi connectivity index (χ2v) is 9.42. The smallest absolute Gasteiger partial charge is 0.350 e. The van der Waals surface area contributed by atoms with E-state index < -0.39 is 33.8 Å². The molecule has 12 heteroatoms. The molecule has 2 fully saturated rings. The van der Waals surface area contributed by atoms with Crippen molar-refractivity contribution >= 4 is 39.4 Å². The molecule has 2 heterocycles. The van der Waals surface area contributed by atoms with Crippen LogP contribution in [0.3, 0.4) is 0 Å². The first-order valence-electron chi connectivity index (χ1n) is 9.34. The molecule has 4 rings (SSSR count). The van der Waals surface area contributed by atoms with Crippen LogP contribution in [-0.2, 0) is 27.1 Å². The zero-order valence-electron chi connectivity index (χ0n) is 16.0. The molecule has 1 saturated heterocycles. The second kappa shape index (κ2) is 7.88. The Morgan fingerprint density at radius 1 is 1.40 bits per heavy atom. The van der Waals surface area contributed by atoms with Crippen LogP contribution < -0.4 is 21.4 Å². The van der Waals surface area contributed by atoms with E-state index in [1.54, 1.807) is 12.1 Å². The number of aromatic nitrogens is 2. The summed E-state index contributed by atoms with van der Waals surface area (Å²) in [7, 11) is -1.57. The van der Waals surface area contributed by atoms with Gasteiger partial charge in [-0.2, -0.15) is 4.68 Å². The summed E-state index contributed by atoms with van der Waals surface area (Å²) in [6, 6.07) is 4.55. The summed E-state index contributed by atoms with van der Waals surface area (Å²) in [6.45, 7) is 3.10. The van der Waals surface area contributed by atoms with E-state index in [2.05, 4.69) is 4.72 Å². The minimum Gasteiger partial charge on any atom is -0.381 e. The van der Waals surface area contributed by atoms with Crippen molar-refractivity contribution in [2.24, 2.45) is 5.92 Å². The van der Waals surface area contributed by atoms with Crippen molar-refractivity contribution in [1.29, 1.82) is 0 Å². The van der Waals surface area contributed by atoms with Gasteiger partial charge in [-0.15, -0.1) is 0 Å². The summed E-state index contributed by atoms with van der Waals surface area (Å²) in [5.74, 6) is -1.28. The van der Waals surface area contributed by atoms with Gasteiger partial charge in [0.25, 0.3) is 17.1 Å². The van der Waals surface area contributed by atoms with E-state index in [0.29, 0.717) is 28.3 Å². The maximum Gasteiger partial charge on any atom is 0.350 e. The number of nitrogens with one attached hydrogen (secondary N) is 2. The number of benzene rings is 1. The maximum atomic E-state index is 13.1. The minimum atomic E-state index is -2.43. The number of ether oxygens (including phenoxy) is 1. The third-order valence-corrected chi connectivity index (χ3v) is 6.79. The van der Waals surface area contributed by atoms with Gasteiger partial charge in [-0.25, -0.2) is 18.1 Å². The molecule has 1 aliphatic carbocycles. The van der Waals surface area contributed by atoms with Crippen LogP contribution in [0.1, 0.15) is 19.8 Å². The number of hydrogen-bond donors (Lipinski definition) is 2. The Labute approximate surface area is 177 Å². The number of carbonyl (C=O) groups is 1. The quantitative estimate of drug-likeness (QED) is 0.589. The number of fused-ring (bicyclic) bond motifs is 1. The molecule has 1 saturated carbocycles. The highest BCUT2D eigenvalue weighted by Gasteiger charge is 2.38. The Kier molecular flexibility index (Phi) is 5.56. The van der Waals surface area contributed by atoms with Gasteiger partial charge < -0.3 is 4.74 Å². The van der Waals surface area contributed by atoms with Crippen LogP contribution in [0.5, 0.6) is 0 Å². The lowest BCUT2D eigenvalue weighted by Crippen LogP contribution is -2.49. The molecule has 0 spiro atoms. The third kappa shape index (κ3) is 4.07. The summed E-state index contributed by atoms with van der Waals surface area (Å²) in [5, 5.41) is 0.0636. The highest BCUT2D eigenvalue weighted by molar-refractivity contribution is 7.83. The van der Waals surface area contributed by atoms with Crippen LogP contribution in [0, 0.1) is 5.92 Å². The van der Waals surface area contributed by atoms with Gasteiger partial charge in [0.1, 0.15) is 11.0 Å². The number of halogens is 2. The molecule has 2 atom stereocenters. The zero-order valence-corrected chi connectivity index (χ0v) is 17.6. The molecule has 1 aromatic carbocycles. The van der Waals surface area contributed by atoms with Gasteiger partial charge in [-0.05, 0) is 38.0 Å². The third-order valence-electron chi connectivity index (χ3n) is 5.24. The topological polar surface area (TPSA) is 111 Å². The Hall–Kier alpha value is -2.08. The summed E-state index contributed by atoms with van der Waals surface area (Å²) in [6.07, 6.45) is 1.80. The second-order valence-electron chi connectivity index (χ2n) is 7.82. The van der Waals surface area contributed by atoms with Crippen molar-refractivity contribution in [3.8, 4) is 0 Å². The Balaban J connectivity index is 1.82. The summed E-state index contributed by atoms with van der Waals surface area (Å²) in [5.41, 5.74) is -2.08. The van der Waals surface area contributed by atoms with Gasteiger partial charge in [-0.3, -0.25) is 19.6 Å². The van der Waals surface area contributed by atoms with E-state index in [1.807, 2.05) is 12.3 Å². The van der Waals surface area contributed by atoms with Gasteiger partial charge in [0.15, 0.2) is 0 Å². The van der Waals surface area contributed by atoms with Crippen molar-refractivity contribution < 1.29 is 18.1 Å².